The zero-order chi connectivity index (χ0) is 13.1. The van der Waals surface area contributed by atoms with E-state index in [2.05, 4.69) is 53.0 Å². The smallest absolute Gasteiger partial charge is 0.0467 e. The van der Waals surface area contributed by atoms with Gasteiger partial charge in [-0.05, 0) is 36.5 Å². The normalized spacial score (nSPS) is 24.0. The van der Waals surface area contributed by atoms with Gasteiger partial charge in [-0.3, -0.25) is 0 Å². The molecule has 0 heterocycles. The van der Waals surface area contributed by atoms with Crippen LogP contribution in [0.2, 0.25) is 5.02 Å². The van der Waals surface area contributed by atoms with Crippen molar-refractivity contribution < 1.29 is 0 Å². The van der Waals surface area contributed by atoms with Gasteiger partial charge in [0, 0.05) is 29.1 Å². The number of nitrogens with zero attached hydrogens (tertiary/aromatic N) is 1. The molecule has 1 saturated carbocycles. The molecule has 18 heavy (non-hydrogen) atoms. The lowest BCUT2D eigenvalue weighted by atomic mass is 9.85. The molecule has 0 bridgehead atoms. The zero-order valence-electron chi connectivity index (χ0n) is 11.1. The molecule has 0 aliphatic heterocycles. The molecule has 1 aromatic carbocycles. The van der Waals surface area contributed by atoms with Crippen LogP contribution in [0, 0.1) is 5.92 Å². The average molecular weight is 331 g/mol. The van der Waals surface area contributed by atoms with Crippen molar-refractivity contribution in [2.45, 2.75) is 44.0 Å². The average Bonchev–Trinajstić information content (AvgIpc) is 2.38. The minimum absolute atomic E-state index is 0.657. The van der Waals surface area contributed by atoms with Crippen LogP contribution in [0.15, 0.2) is 18.2 Å². The van der Waals surface area contributed by atoms with Gasteiger partial charge in [-0.1, -0.05) is 53.4 Å². The first kappa shape index (κ1) is 14.2. The Hall–Kier alpha value is -0.210. The molecule has 1 nitrogen and oxygen atoms in total. The lowest BCUT2D eigenvalue weighted by molar-refractivity contribution is 0.321. The van der Waals surface area contributed by atoms with Crippen molar-refractivity contribution in [1.82, 2.24) is 0 Å². The summed E-state index contributed by atoms with van der Waals surface area (Å²) in [5.41, 5.74) is 2.40. The van der Waals surface area contributed by atoms with Gasteiger partial charge in [0.25, 0.3) is 0 Å². The molecule has 2 atom stereocenters. The van der Waals surface area contributed by atoms with Crippen LogP contribution in [-0.4, -0.2) is 13.1 Å². The fraction of sp³-hybridized carbons (Fsp3) is 0.600. The van der Waals surface area contributed by atoms with Crippen molar-refractivity contribution >= 4 is 33.2 Å². The van der Waals surface area contributed by atoms with Crippen LogP contribution in [0.3, 0.4) is 0 Å². The number of benzene rings is 1. The number of anilines is 1. The van der Waals surface area contributed by atoms with E-state index in [4.69, 9.17) is 11.6 Å². The summed E-state index contributed by atoms with van der Waals surface area (Å²) in [7, 11) is 2.20. The summed E-state index contributed by atoms with van der Waals surface area (Å²) < 4.78 is 0. The molecule has 100 valence electrons. The Bertz CT molecular complexity index is 407. The Morgan fingerprint density at radius 1 is 1.33 bits per heavy atom. The largest absolute Gasteiger partial charge is 0.371 e. The van der Waals surface area contributed by atoms with Crippen LogP contribution in [-0.2, 0) is 5.33 Å². The summed E-state index contributed by atoms with van der Waals surface area (Å²) >= 11 is 9.75. The molecule has 0 aromatic heterocycles. The first-order chi connectivity index (χ1) is 8.63. The van der Waals surface area contributed by atoms with E-state index < -0.39 is 0 Å². The van der Waals surface area contributed by atoms with Crippen molar-refractivity contribution in [2.24, 2.45) is 5.92 Å². The van der Waals surface area contributed by atoms with Crippen LogP contribution in [0.4, 0.5) is 5.69 Å². The predicted molar refractivity (Wildman–Crippen MR) is 83.9 cm³/mol. The second kappa shape index (κ2) is 6.29. The summed E-state index contributed by atoms with van der Waals surface area (Å²) in [4.78, 5) is 2.41. The van der Waals surface area contributed by atoms with Gasteiger partial charge in [0.2, 0.25) is 0 Å². The first-order valence-corrected chi connectivity index (χ1v) is 8.20. The highest BCUT2D eigenvalue weighted by molar-refractivity contribution is 9.08. The summed E-state index contributed by atoms with van der Waals surface area (Å²) in [5, 5.41) is 1.68. The van der Waals surface area contributed by atoms with E-state index in [1.54, 1.807) is 0 Å². The molecule has 0 spiro atoms. The molecule has 2 unspecified atom stereocenters. The summed E-state index contributed by atoms with van der Waals surface area (Å²) in [6.45, 7) is 2.37. The van der Waals surface area contributed by atoms with Crippen molar-refractivity contribution in [3.05, 3.63) is 28.8 Å². The van der Waals surface area contributed by atoms with Gasteiger partial charge in [-0.25, -0.2) is 0 Å². The number of halogens is 2. The molecular weight excluding hydrogens is 310 g/mol. The first-order valence-electron chi connectivity index (χ1n) is 6.70. The standard InChI is InChI=1S/C15H21BrClN/c1-11-5-3-4-6-15(11)18(2)13-8-7-12(10-16)14(17)9-13/h7-9,11,15H,3-6,10H2,1-2H3. The van der Waals surface area contributed by atoms with Crippen LogP contribution in [0.25, 0.3) is 0 Å². The minimum atomic E-state index is 0.657. The van der Waals surface area contributed by atoms with E-state index >= 15 is 0 Å². The molecule has 2 rings (SSSR count). The predicted octanol–water partition coefficient (Wildman–Crippen LogP) is 5.25. The molecule has 1 fully saturated rings. The highest BCUT2D eigenvalue weighted by Gasteiger charge is 2.25. The van der Waals surface area contributed by atoms with Gasteiger partial charge in [0.05, 0.1) is 0 Å². The maximum absolute atomic E-state index is 6.29. The molecule has 1 aliphatic rings. The van der Waals surface area contributed by atoms with Gasteiger partial charge < -0.3 is 4.90 Å². The van der Waals surface area contributed by atoms with Crippen molar-refractivity contribution in [2.75, 3.05) is 11.9 Å². The Morgan fingerprint density at radius 3 is 2.67 bits per heavy atom. The topological polar surface area (TPSA) is 3.24 Å². The summed E-state index contributed by atoms with van der Waals surface area (Å²) in [5.74, 6) is 0.776. The van der Waals surface area contributed by atoms with Gasteiger partial charge in [-0.15, -0.1) is 0 Å². The van der Waals surface area contributed by atoms with E-state index in [1.807, 2.05) is 0 Å². The number of hydrogen-bond donors (Lipinski definition) is 0. The monoisotopic (exact) mass is 329 g/mol. The number of hydrogen-bond acceptors (Lipinski definition) is 1. The van der Waals surface area contributed by atoms with E-state index in [0.717, 1.165) is 21.8 Å². The van der Waals surface area contributed by atoms with E-state index in [-0.39, 0.29) is 0 Å². The molecule has 1 aromatic rings. The van der Waals surface area contributed by atoms with Gasteiger partial charge in [-0.2, -0.15) is 0 Å². The summed E-state index contributed by atoms with van der Waals surface area (Å²) in [6, 6.07) is 7.06. The van der Waals surface area contributed by atoms with Crippen LogP contribution >= 0.6 is 27.5 Å². The third-order valence-electron chi connectivity index (χ3n) is 4.15. The summed E-state index contributed by atoms with van der Waals surface area (Å²) in [6.07, 6.45) is 5.39. The Balaban J connectivity index is 2.17. The molecule has 0 radical (unpaired) electrons. The van der Waals surface area contributed by atoms with E-state index in [9.17, 15) is 0 Å². The highest BCUT2D eigenvalue weighted by atomic mass is 79.9. The Morgan fingerprint density at radius 2 is 2.06 bits per heavy atom. The minimum Gasteiger partial charge on any atom is -0.371 e. The maximum atomic E-state index is 6.29. The van der Waals surface area contributed by atoms with Gasteiger partial charge in [0.15, 0.2) is 0 Å². The van der Waals surface area contributed by atoms with Gasteiger partial charge >= 0.3 is 0 Å². The van der Waals surface area contributed by atoms with Crippen molar-refractivity contribution in [3.63, 3.8) is 0 Å². The third-order valence-corrected chi connectivity index (χ3v) is 5.11. The quantitative estimate of drug-likeness (QED) is 0.684. The van der Waals surface area contributed by atoms with E-state index in [1.165, 1.54) is 31.4 Å². The van der Waals surface area contributed by atoms with E-state index in [0.29, 0.717) is 6.04 Å². The second-order valence-corrected chi connectivity index (χ2v) is 6.32. The lowest BCUT2D eigenvalue weighted by Crippen LogP contribution is -2.38. The molecular formula is C15H21BrClN. The lowest BCUT2D eigenvalue weighted by Gasteiger charge is -2.37. The highest BCUT2D eigenvalue weighted by Crippen LogP contribution is 2.32. The Kier molecular flexibility index (Phi) is 4.97. The van der Waals surface area contributed by atoms with Crippen LogP contribution < -0.4 is 4.90 Å². The molecule has 3 heteroatoms. The Labute approximate surface area is 124 Å². The zero-order valence-corrected chi connectivity index (χ0v) is 13.5. The maximum Gasteiger partial charge on any atom is 0.0467 e. The SMILES string of the molecule is CC1CCCCC1N(C)c1ccc(CBr)c(Cl)c1. The number of rotatable bonds is 3. The van der Waals surface area contributed by atoms with Crippen LogP contribution in [0.5, 0.6) is 0 Å². The molecule has 0 saturated heterocycles. The fourth-order valence-electron chi connectivity index (χ4n) is 2.93. The molecule has 1 aliphatic carbocycles. The fourth-order valence-corrected chi connectivity index (χ4v) is 3.82. The molecule has 0 amide bonds. The van der Waals surface area contributed by atoms with Crippen LogP contribution in [0.1, 0.15) is 38.2 Å². The van der Waals surface area contributed by atoms with Gasteiger partial charge in [0.1, 0.15) is 0 Å². The number of alkyl halides is 1. The third kappa shape index (κ3) is 3.03. The second-order valence-electron chi connectivity index (χ2n) is 5.35. The molecule has 0 N–H and O–H groups in total. The van der Waals surface area contributed by atoms with Crippen molar-refractivity contribution in [1.29, 1.82) is 0 Å². The van der Waals surface area contributed by atoms with Crippen molar-refractivity contribution in [3.8, 4) is 0 Å².